The number of aromatic nitrogens is 2. The van der Waals surface area contributed by atoms with Crippen molar-refractivity contribution in [2.24, 2.45) is 0 Å². The lowest BCUT2D eigenvalue weighted by molar-refractivity contribution is 0.689. The molecule has 3 heteroatoms. The van der Waals surface area contributed by atoms with Crippen LogP contribution in [0.5, 0.6) is 0 Å². The van der Waals surface area contributed by atoms with Crippen LogP contribution in [0.2, 0.25) is 0 Å². The van der Waals surface area contributed by atoms with Crippen molar-refractivity contribution in [3.63, 3.8) is 0 Å². The number of rotatable bonds is 2. The molecule has 2 rings (SSSR count). The Morgan fingerprint density at radius 1 is 1.20 bits per heavy atom. The quantitative estimate of drug-likeness (QED) is 0.808. The zero-order valence-electron chi connectivity index (χ0n) is 9.07. The number of nitrogens with zero attached hydrogens (tertiary/aromatic N) is 2. The number of hydrogen-bond acceptors (Lipinski definition) is 2. The zero-order chi connectivity index (χ0) is 10.8. The van der Waals surface area contributed by atoms with Gasteiger partial charge < -0.3 is 5.73 Å². The Morgan fingerprint density at radius 3 is 2.40 bits per heavy atom. The molecule has 0 aliphatic heterocycles. The summed E-state index contributed by atoms with van der Waals surface area (Å²) >= 11 is 0. The van der Waals surface area contributed by atoms with E-state index in [1.807, 2.05) is 16.9 Å². The van der Waals surface area contributed by atoms with Crippen molar-refractivity contribution < 1.29 is 0 Å². The third kappa shape index (κ3) is 2.37. The standard InChI is InChI=1S/C12H15N3/c1-9-5-10(2)7-11(6-9)8-15-4-3-12(13)14-15/h3-7H,8H2,1-2H3,(H2,13,14). The highest BCUT2D eigenvalue weighted by Gasteiger charge is 1.98. The third-order valence-electron chi connectivity index (χ3n) is 2.29. The van der Waals surface area contributed by atoms with E-state index in [1.165, 1.54) is 16.7 Å². The highest BCUT2D eigenvalue weighted by atomic mass is 15.3. The maximum Gasteiger partial charge on any atom is 0.145 e. The van der Waals surface area contributed by atoms with Crippen LogP contribution in [0.1, 0.15) is 16.7 Å². The van der Waals surface area contributed by atoms with Crippen molar-refractivity contribution in [2.45, 2.75) is 20.4 Å². The zero-order valence-corrected chi connectivity index (χ0v) is 9.07. The van der Waals surface area contributed by atoms with Gasteiger partial charge in [-0.2, -0.15) is 5.10 Å². The second kappa shape index (κ2) is 3.77. The van der Waals surface area contributed by atoms with Gasteiger partial charge in [0.25, 0.3) is 0 Å². The Morgan fingerprint density at radius 2 is 1.87 bits per heavy atom. The smallest absolute Gasteiger partial charge is 0.145 e. The molecule has 1 heterocycles. The first-order chi connectivity index (χ1) is 7.13. The van der Waals surface area contributed by atoms with Gasteiger partial charge in [0.15, 0.2) is 0 Å². The molecule has 0 saturated heterocycles. The van der Waals surface area contributed by atoms with E-state index in [0.717, 1.165) is 6.54 Å². The van der Waals surface area contributed by atoms with Crippen LogP contribution < -0.4 is 5.73 Å². The van der Waals surface area contributed by atoms with E-state index in [1.54, 1.807) is 0 Å². The summed E-state index contributed by atoms with van der Waals surface area (Å²) in [5.74, 6) is 0.569. The summed E-state index contributed by atoms with van der Waals surface area (Å²) in [5.41, 5.74) is 9.38. The first-order valence-electron chi connectivity index (χ1n) is 4.99. The van der Waals surface area contributed by atoms with E-state index in [-0.39, 0.29) is 0 Å². The maximum absolute atomic E-state index is 5.56. The Hall–Kier alpha value is -1.77. The van der Waals surface area contributed by atoms with E-state index in [4.69, 9.17) is 5.73 Å². The molecule has 0 amide bonds. The highest BCUT2D eigenvalue weighted by molar-refractivity contribution is 5.29. The first-order valence-corrected chi connectivity index (χ1v) is 4.99. The molecule has 78 valence electrons. The molecule has 2 aromatic rings. The molecule has 0 saturated carbocycles. The van der Waals surface area contributed by atoms with Gasteiger partial charge in [0.05, 0.1) is 6.54 Å². The van der Waals surface area contributed by atoms with Crippen LogP contribution >= 0.6 is 0 Å². The molecular formula is C12H15N3. The Labute approximate surface area is 89.5 Å². The maximum atomic E-state index is 5.56. The summed E-state index contributed by atoms with van der Waals surface area (Å²) in [6.45, 7) is 4.99. The molecule has 2 N–H and O–H groups in total. The lowest BCUT2D eigenvalue weighted by Gasteiger charge is -2.05. The number of benzene rings is 1. The lowest BCUT2D eigenvalue weighted by Crippen LogP contribution is -2.01. The Bertz CT molecular complexity index is 451. The van der Waals surface area contributed by atoms with Crippen LogP contribution in [0.3, 0.4) is 0 Å². The Kier molecular flexibility index (Phi) is 2.46. The van der Waals surface area contributed by atoms with Gasteiger partial charge in [-0.25, -0.2) is 0 Å². The second-order valence-corrected chi connectivity index (χ2v) is 3.93. The summed E-state index contributed by atoms with van der Waals surface area (Å²) in [6.07, 6.45) is 1.90. The van der Waals surface area contributed by atoms with Gasteiger partial charge in [-0.3, -0.25) is 4.68 Å². The summed E-state index contributed by atoms with van der Waals surface area (Å²) in [6, 6.07) is 8.32. The monoisotopic (exact) mass is 201 g/mol. The second-order valence-electron chi connectivity index (χ2n) is 3.93. The molecule has 0 fully saturated rings. The van der Waals surface area contributed by atoms with E-state index >= 15 is 0 Å². The Balaban J connectivity index is 2.24. The van der Waals surface area contributed by atoms with Crippen molar-refractivity contribution in [2.75, 3.05) is 5.73 Å². The van der Waals surface area contributed by atoms with Crippen molar-refractivity contribution >= 4 is 5.82 Å². The predicted molar refractivity (Wildman–Crippen MR) is 61.7 cm³/mol. The van der Waals surface area contributed by atoms with Crippen molar-refractivity contribution in [3.8, 4) is 0 Å². The molecule has 0 aliphatic carbocycles. The average molecular weight is 201 g/mol. The molecule has 0 spiro atoms. The molecule has 1 aromatic carbocycles. The molecule has 15 heavy (non-hydrogen) atoms. The lowest BCUT2D eigenvalue weighted by atomic mass is 10.1. The van der Waals surface area contributed by atoms with Crippen LogP contribution in [0.25, 0.3) is 0 Å². The molecule has 0 bridgehead atoms. The van der Waals surface area contributed by atoms with E-state index in [0.29, 0.717) is 5.82 Å². The van der Waals surface area contributed by atoms with Crippen LogP contribution in [0.4, 0.5) is 5.82 Å². The number of anilines is 1. The number of hydrogen-bond donors (Lipinski definition) is 1. The van der Waals surface area contributed by atoms with Crippen LogP contribution in [-0.2, 0) is 6.54 Å². The highest BCUT2D eigenvalue weighted by Crippen LogP contribution is 2.10. The average Bonchev–Trinajstić information content (AvgIpc) is 2.49. The summed E-state index contributed by atoms with van der Waals surface area (Å²) < 4.78 is 1.85. The molecule has 0 radical (unpaired) electrons. The summed E-state index contributed by atoms with van der Waals surface area (Å²) in [7, 11) is 0. The van der Waals surface area contributed by atoms with Crippen molar-refractivity contribution in [3.05, 3.63) is 47.2 Å². The van der Waals surface area contributed by atoms with Gasteiger partial charge in [0, 0.05) is 6.20 Å². The van der Waals surface area contributed by atoms with Gasteiger partial charge in [0.1, 0.15) is 5.82 Å². The number of aryl methyl sites for hydroxylation is 2. The first kappa shape index (κ1) is 9.77. The minimum atomic E-state index is 0.569. The predicted octanol–water partition coefficient (Wildman–Crippen LogP) is 2.13. The molecule has 0 aliphatic rings. The molecule has 0 atom stereocenters. The normalized spacial score (nSPS) is 10.5. The van der Waals surface area contributed by atoms with Crippen LogP contribution in [0, 0.1) is 13.8 Å². The third-order valence-corrected chi connectivity index (χ3v) is 2.29. The van der Waals surface area contributed by atoms with Gasteiger partial charge in [-0.05, 0) is 25.5 Å². The fraction of sp³-hybridized carbons (Fsp3) is 0.250. The van der Waals surface area contributed by atoms with Gasteiger partial charge >= 0.3 is 0 Å². The molecule has 1 aromatic heterocycles. The topological polar surface area (TPSA) is 43.8 Å². The SMILES string of the molecule is Cc1cc(C)cc(Cn2ccc(N)n2)c1. The minimum absolute atomic E-state index is 0.569. The number of nitrogens with two attached hydrogens (primary N) is 1. The summed E-state index contributed by atoms with van der Waals surface area (Å²) in [5, 5.41) is 4.16. The number of nitrogen functional groups attached to an aromatic ring is 1. The largest absolute Gasteiger partial charge is 0.382 e. The fourth-order valence-corrected chi connectivity index (χ4v) is 1.81. The van der Waals surface area contributed by atoms with Crippen LogP contribution in [-0.4, -0.2) is 9.78 Å². The van der Waals surface area contributed by atoms with Gasteiger partial charge in [0.2, 0.25) is 0 Å². The van der Waals surface area contributed by atoms with Crippen LogP contribution in [0.15, 0.2) is 30.5 Å². The fourth-order valence-electron chi connectivity index (χ4n) is 1.81. The van der Waals surface area contributed by atoms with Crippen molar-refractivity contribution in [1.82, 2.24) is 9.78 Å². The molecule has 0 unspecified atom stereocenters. The molecule has 3 nitrogen and oxygen atoms in total. The van der Waals surface area contributed by atoms with E-state index < -0.39 is 0 Å². The van der Waals surface area contributed by atoms with E-state index in [9.17, 15) is 0 Å². The minimum Gasteiger partial charge on any atom is -0.382 e. The van der Waals surface area contributed by atoms with Gasteiger partial charge in [-0.15, -0.1) is 0 Å². The van der Waals surface area contributed by atoms with E-state index in [2.05, 4.69) is 37.1 Å². The van der Waals surface area contributed by atoms with Gasteiger partial charge in [-0.1, -0.05) is 29.3 Å². The summed E-state index contributed by atoms with van der Waals surface area (Å²) in [4.78, 5) is 0. The molecular weight excluding hydrogens is 186 g/mol. The van der Waals surface area contributed by atoms with Crippen molar-refractivity contribution in [1.29, 1.82) is 0 Å².